The average molecular weight is 532 g/mol. The summed E-state index contributed by atoms with van der Waals surface area (Å²) in [5.74, 6) is -0.0625. The normalized spacial score (nSPS) is 17.1. The predicted octanol–water partition coefficient (Wildman–Crippen LogP) is 4.13. The Hall–Kier alpha value is -1.90. The Morgan fingerprint density at radius 3 is 2.35 bits per heavy atom. The van der Waals surface area contributed by atoms with E-state index >= 15 is 0 Å². The molecule has 1 atom stereocenters. The molecule has 1 aliphatic heterocycles. The van der Waals surface area contributed by atoms with Crippen molar-refractivity contribution in [2.24, 2.45) is 0 Å². The quantitative estimate of drug-likeness (QED) is 0.368. The summed E-state index contributed by atoms with van der Waals surface area (Å²) < 4.78 is 0. The van der Waals surface area contributed by atoms with Gasteiger partial charge in [-0.1, -0.05) is 30.3 Å². The number of allylic oxidation sites excluding steroid dienone is 2. The molecule has 2 aromatic rings. The van der Waals surface area contributed by atoms with Gasteiger partial charge in [-0.15, -0.1) is 12.2 Å². The minimum absolute atomic E-state index is 0. The third kappa shape index (κ3) is 6.43. The van der Waals surface area contributed by atoms with Crippen LogP contribution < -0.4 is 4.90 Å². The molecule has 0 radical (unpaired) electrons. The van der Waals surface area contributed by atoms with E-state index in [1.54, 1.807) is 0 Å². The van der Waals surface area contributed by atoms with Crippen LogP contribution in [0.3, 0.4) is 0 Å². The Balaban J connectivity index is 0.000000366. The fraction of sp³-hybridized carbons (Fsp3) is 0.238. The minimum Gasteiger partial charge on any atom is -0.524 e. The van der Waals surface area contributed by atoms with E-state index < -0.39 is 0 Å². The Labute approximate surface area is 170 Å². The van der Waals surface area contributed by atoms with Gasteiger partial charge in [-0.2, -0.15) is 30.3 Å². The van der Waals surface area contributed by atoms with Crippen LogP contribution in [0.4, 0.5) is 5.69 Å². The molecule has 0 spiro atoms. The number of aliphatic hydroxyl groups excluding tert-OH is 1. The van der Waals surface area contributed by atoms with Gasteiger partial charge in [0, 0.05) is 6.08 Å². The van der Waals surface area contributed by atoms with Gasteiger partial charge in [-0.05, 0) is 26.5 Å². The monoisotopic (exact) mass is 531 g/mol. The number of para-hydroxylation sites is 1. The van der Waals surface area contributed by atoms with Crippen LogP contribution >= 0.6 is 0 Å². The van der Waals surface area contributed by atoms with Gasteiger partial charge < -0.3 is 14.9 Å². The molecule has 0 amide bonds. The molecule has 1 N–H and O–H groups in total. The molecule has 1 aliphatic rings. The Morgan fingerprint density at radius 1 is 1.19 bits per heavy atom. The van der Waals surface area contributed by atoms with Gasteiger partial charge in [0.05, 0.1) is 11.9 Å². The SMILES string of the molecule is CC(=O)/C=C(/C)O.CN1C[CH-]N(c2[c-]cccc2)C1c1ccccc1.[Pt+2]. The van der Waals surface area contributed by atoms with Gasteiger partial charge in [0.25, 0.3) is 0 Å². The number of benzene rings is 2. The van der Waals surface area contributed by atoms with Crippen LogP contribution in [0.5, 0.6) is 0 Å². The van der Waals surface area contributed by atoms with Crippen molar-refractivity contribution in [1.29, 1.82) is 0 Å². The second-order valence-electron chi connectivity index (χ2n) is 5.96. The second-order valence-corrected chi connectivity index (χ2v) is 5.96. The number of hydrogen-bond acceptors (Lipinski definition) is 4. The van der Waals surface area contributed by atoms with Gasteiger partial charge >= 0.3 is 21.1 Å². The van der Waals surface area contributed by atoms with E-state index in [0.717, 1.165) is 12.2 Å². The molecule has 0 saturated carbocycles. The molecule has 1 fully saturated rings. The third-order valence-corrected chi connectivity index (χ3v) is 3.73. The maximum Gasteiger partial charge on any atom is 2.00 e. The second kappa shape index (κ2) is 10.9. The van der Waals surface area contributed by atoms with Gasteiger partial charge in [0.15, 0.2) is 5.78 Å². The summed E-state index contributed by atoms with van der Waals surface area (Å²) >= 11 is 0. The first-order chi connectivity index (χ1) is 12.0. The van der Waals surface area contributed by atoms with Crippen molar-refractivity contribution >= 4 is 11.5 Å². The zero-order valence-corrected chi connectivity index (χ0v) is 17.5. The van der Waals surface area contributed by atoms with Crippen molar-refractivity contribution < 1.29 is 31.0 Å². The largest absolute Gasteiger partial charge is 2.00 e. The Morgan fingerprint density at radius 2 is 1.85 bits per heavy atom. The summed E-state index contributed by atoms with van der Waals surface area (Å²) in [5, 5.41) is 8.36. The average Bonchev–Trinajstić information content (AvgIpc) is 2.97. The van der Waals surface area contributed by atoms with Gasteiger partial charge in [0.1, 0.15) is 0 Å². The molecule has 0 aliphatic carbocycles. The molecule has 1 unspecified atom stereocenters. The van der Waals surface area contributed by atoms with Crippen molar-refractivity contribution in [3.05, 3.63) is 84.6 Å². The van der Waals surface area contributed by atoms with E-state index in [4.69, 9.17) is 5.11 Å². The van der Waals surface area contributed by atoms with E-state index in [0.29, 0.717) is 0 Å². The fourth-order valence-electron chi connectivity index (χ4n) is 2.74. The van der Waals surface area contributed by atoms with Crippen LogP contribution in [0.1, 0.15) is 25.6 Å². The van der Waals surface area contributed by atoms with E-state index in [-0.39, 0.29) is 38.8 Å². The number of carbonyl (C=O) groups is 1. The molecule has 4 nitrogen and oxygen atoms in total. The Bertz CT molecular complexity index is 700. The summed E-state index contributed by atoms with van der Waals surface area (Å²) in [4.78, 5) is 14.6. The predicted molar refractivity (Wildman–Crippen MR) is 101 cm³/mol. The van der Waals surface area contributed by atoms with Crippen LogP contribution in [0, 0.1) is 12.6 Å². The number of aliphatic hydroxyl groups is 1. The molecule has 1 heterocycles. The van der Waals surface area contributed by atoms with E-state index in [1.165, 1.54) is 25.5 Å². The summed E-state index contributed by atoms with van der Waals surface area (Å²) in [6, 6.07) is 22.0. The summed E-state index contributed by atoms with van der Waals surface area (Å²) in [7, 11) is 2.15. The first-order valence-electron chi connectivity index (χ1n) is 8.20. The molecule has 3 rings (SSSR count). The van der Waals surface area contributed by atoms with Gasteiger partial charge in [-0.3, -0.25) is 4.79 Å². The first kappa shape index (κ1) is 22.1. The van der Waals surface area contributed by atoms with E-state index in [1.807, 2.05) is 12.1 Å². The summed E-state index contributed by atoms with van der Waals surface area (Å²) in [6.07, 6.45) is 1.44. The molecular formula is C21H24N2O2Pt. The summed E-state index contributed by atoms with van der Waals surface area (Å²) in [5.41, 5.74) is 2.43. The van der Waals surface area contributed by atoms with E-state index in [9.17, 15) is 4.79 Å². The van der Waals surface area contributed by atoms with Crippen molar-refractivity contribution in [2.75, 3.05) is 18.5 Å². The van der Waals surface area contributed by atoms with Crippen molar-refractivity contribution in [2.45, 2.75) is 20.0 Å². The number of ketones is 1. The number of likely N-dealkylation sites (N-methyl/N-ethyl adjacent to an activating group) is 1. The zero-order chi connectivity index (χ0) is 18.2. The van der Waals surface area contributed by atoms with Crippen LogP contribution in [-0.2, 0) is 25.9 Å². The third-order valence-electron chi connectivity index (χ3n) is 3.73. The minimum atomic E-state index is -0.125. The molecule has 26 heavy (non-hydrogen) atoms. The topological polar surface area (TPSA) is 43.8 Å². The Kier molecular flexibility index (Phi) is 9.32. The van der Waals surface area contributed by atoms with Crippen LogP contribution in [0.15, 0.2) is 66.4 Å². The maximum absolute atomic E-state index is 10.0. The smallest absolute Gasteiger partial charge is 0.524 e. The van der Waals surface area contributed by atoms with Gasteiger partial charge in [0.2, 0.25) is 0 Å². The standard InChI is InChI=1S/C16H16N2.C5H8O2.Pt/c1-17-12-13-18(15-10-6-3-7-11-15)16(17)14-8-4-2-5-9-14;1-4(6)3-5(2)7;/h2-10,13,16H,12H2,1H3;3,6H,1-2H3;/q-2;;+2/b;4-3-;. The van der Waals surface area contributed by atoms with Crippen molar-refractivity contribution in [3.63, 3.8) is 0 Å². The molecule has 2 aromatic carbocycles. The zero-order valence-electron chi connectivity index (χ0n) is 15.2. The van der Waals surface area contributed by atoms with Crippen molar-refractivity contribution in [3.8, 4) is 0 Å². The first-order valence-corrected chi connectivity index (χ1v) is 8.20. The fourth-order valence-corrected chi connectivity index (χ4v) is 2.74. The van der Waals surface area contributed by atoms with Gasteiger partial charge in [-0.25, -0.2) is 6.54 Å². The molecule has 1 saturated heterocycles. The summed E-state index contributed by atoms with van der Waals surface area (Å²) in [6.45, 7) is 6.03. The van der Waals surface area contributed by atoms with E-state index in [2.05, 4.69) is 71.9 Å². The number of nitrogens with zero attached hydrogens (tertiary/aromatic N) is 2. The van der Waals surface area contributed by atoms with Crippen molar-refractivity contribution in [1.82, 2.24) is 4.90 Å². The molecule has 140 valence electrons. The maximum atomic E-state index is 10.0. The van der Waals surface area contributed by atoms with Crippen LogP contribution in [0.25, 0.3) is 0 Å². The molecule has 0 bridgehead atoms. The molecule has 5 heteroatoms. The number of hydrogen-bond donors (Lipinski definition) is 1. The van der Waals surface area contributed by atoms with Crippen LogP contribution in [-0.4, -0.2) is 29.4 Å². The van der Waals surface area contributed by atoms with Crippen LogP contribution in [0.2, 0.25) is 0 Å². The number of rotatable bonds is 3. The molecular weight excluding hydrogens is 507 g/mol. The number of carbonyl (C=O) groups excluding carboxylic acids is 1. The molecule has 0 aromatic heterocycles. The number of anilines is 1.